The molecule has 2 heterocycles. The molecule has 2 saturated carbocycles. The van der Waals surface area contributed by atoms with Gasteiger partial charge in [-0.05, 0) is 31.4 Å². The maximum Gasteiger partial charge on any atom is 0.347 e. The van der Waals surface area contributed by atoms with E-state index in [4.69, 9.17) is 4.98 Å². The molecular formula is C23H28N5O3+. The molecule has 0 amide bonds. The van der Waals surface area contributed by atoms with Crippen molar-refractivity contribution in [2.45, 2.75) is 43.6 Å². The topological polar surface area (TPSA) is 114 Å². The number of anilines is 2. The quantitative estimate of drug-likeness (QED) is 0.379. The Labute approximate surface area is 180 Å². The van der Waals surface area contributed by atoms with Crippen LogP contribution in [0.25, 0.3) is 22.2 Å². The van der Waals surface area contributed by atoms with Crippen LogP contribution in [0.3, 0.4) is 0 Å². The number of benzene rings is 1. The lowest BCUT2D eigenvalue weighted by molar-refractivity contribution is -0.645. The van der Waals surface area contributed by atoms with Crippen molar-refractivity contribution in [3.05, 3.63) is 42.6 Å². The Morgan fingerprint density at radius 3 is 2.61 bits per heavy atom. The van der Waals surface area contributed by atoms with E-state index in [0.29, 0.717) is 12.5 Å². The Balaban J connectivity index is 1.56. The largest absolute Gasteiger partial charge is 0.396 e. The fourth-order valence-corrected chi connectivity index (χ4v) is 4.31. The van der Waals surface area contributed by atoms with Gasteiger partial charge in [-0.15, -0.1) is 4.98 Å². The van der Waals surface area contributed by atoms with Crippen molar-refractivity contribution < 1.29 is 19.9 Å². The number of para-hydroxylation sites is 1. The number of fused-ring (bicyclic) bond motifs is 1. The first-order valence-electron chi connectivity index (χ1n) is 10.8. The molecule has 2 aromatic heterocycles. The molecule has 0 saturated heterocycles. The number of aromatic nitrogens is 3. The van der Waals surface area contributed by atoms with E-state index in [1.807, 2.05) is 48.0 Å². The second-order valence-electron chi connectivity index (χ2n) is 8.62. The summed E-state index contributed by atoms with van der Waals surface area (Å²) in [6, 6.07) is 12.0. The van der Waals surface area contributed by atoms with Crippen molar-refractivity contribution in [3.63, 3.8) is 0 Å². The Bertz CT molecular complexity index is 1100. The molecule has 5 rings (SSSR count). The molecule has 5 N–H and O–H groups in total. The van der Waals surface area contributed by atoms with Gasteiger partial charge < -0.3 is 20.6 Å². The van der Waals surface area contributed by atoms with Crippen molar-refractivity contribution >= 4 is 22.7 Å². The summed E-state index contributed by atoms with van der Waals surface area (Å²) in [5.41, 5.74) is 2.48. The molecule has 8 nitrogen and oxygen atoms in total. The molecule has 2 aliphatic rings. The van der Waals surface area contributed by atoms with E-state index in [1.165, 1.54) is 0 Å². The maximum atomic E-state index is 10.6. The van der Waals surface area contributed by atoms with Gasteiger partial charge in [0.15, 0.2) is 0 Å². The SMILES string of the molecule is C[n+]1c(NC2CC2)ncc(-c2ccc3ccccc3n2)c1NC1CC(CO)C(O)C1O. The van der Waals surface area contributed by atoms with Gasteiger partial charge in [0.1, 0.15) is 12.3 Å². The van der Waals surface area contributed by atoms with Gasteiger partial charge in [0.25, 0.3) is 0 Å². The zero-order valence-corrected chi connectivity index (χ0v) is 17.4. The zero-order chi connectivity index (χ0) is 21.5. The first kappa shape index (κ1) is 20.1. The standard InChI is InChI=1S/C23H27N5O3/c1-28-22(27-19-10-14(12-29)20(30)21(19)31)16(11-24-23(28)25-15-7-8-15)18-9-6-13-4-2-3-5-17(13)26-18/h2-6,9,11,14-15,19-21,29-31H,7-8,10,12H2,1H3,(H,24,25,26,27)/p+1. The monoisotopic (exact) mass is 422 g/mol. The second-order valence-corrected chi connectivity index (χ2v) is 8.62. The van der Waals surface area contributed by atoms with Crippen LogP contribution in [0, 0.1) is 5.92 Å². The Hall–Kier alpha value is -2.81. The predicted octanol–water partition coefficient (Wildman–Crippen LogP) is 1.21. The zero-order valence-electron chi connectivity index (χ0n) is 17.4. The maximum absolute atomic E-state index is 10.6. The lowest BCUT2D eigenvalue weighted by atomic mass is 10.1. The number of aliphatic hydroxyl groups excluding tert-OH is 3. The Kier molecular flexibility index (Phi) is 5.21. The van der Waals surface area contributed by atoms with Crippen LogP contribution < -0.4 is 15.2 Å². The number of nitrogens with one attached hydrogen (secondary N) is 2. The average molecular weight is 423 g/mol. The number of aliphatic hydroxyl groups is 3. The molecule has 2 aliphatic carbocycles. The van der Waals surface area contributed by atoms with Crippen LogP contribution in [0.1, 0.15) is 19.3 Å². The van der Waals surface area contributed by atoms with E-state index in [-0.39, 0.29) is 12.5 Å². The number of nitrogens with zero attached hydrogens (tertiary/aromatic N) is 3. The van der Waals surface area contributed by atoms with Gasteiger partial charge in [0.2, 0.25) is 5.82 Å². The van der Waals surface area contributed by atoms with E-state index in [0.717, 1.165) is 46.8 Å². The number of rotatable bonds is 6. The molecule has 162 valence electrons. The third kappa shape index (κ3) is 3.82. The van der Waals surface area contributed by atoms with Crippen LogP contribution in [0.4, 0.5) is 11.8 Å². The summed E-state index contributed by atoms with van der Waals surface area (Å²) in [5, 5.41) is 38.3. The van der Waals surface area contributed by atoms with Crippen molar-refractivity contribution in [2.75, 3.05) is 17.2 Å². The minimum absolute atomic E-state index is 0.160. The fourth-order valence-electron chi connectivity index (χ4n) is 4.31. The van der Waals surface area contributed by atoms with Crippen LogP contribution in [0.5, 0.6) is 0 Å². The van der Waals surface area contributed by atoms with Gasteiger partial charge in [-0.1, -0.05) is 24.3 Å². The third-order valence-electron chi connectivity index (χ3n) is 6.37. The molecule has 8 heteroatoms. The van der Waals surface area contributed by atoms with E-state index in [2.05, 4.69) is 15.6 Å². The number of pyridine rings is 1. The molecule has 4 unspecified atom stereocenters. The summed E-state index contributed by atoms with van der Waals surface area (Å²) in [6.07, 6.45) is 2.60. The van der Waals surface area contributed by atoms with E-state index >= 15 is 0 Å². The summed E-state index contributed by atoms with van der Waals surface area (Å²) >= 11 is 0. The average Bonchev–Trinajstić information content (AvgIpc) is 3.57. The molecule has 0 aliphatic heterocycles. The van der Waals surface area contributed by atoms with E-state index < -0.39 is 18.2 Å². The van der Waals surface area contributed by atoms with Crippen molar-refractivity contribution in [1.82, 2.24) is 9.97 Å². The van der Waals surface area contributed by atoms with Crippen LogP contribution in [0.15, 0.2) is 42.6 Å². The van der Waals surface area contributed by atoms with Crippen LogP contribution in [0.2, 0.25) is 0 Å². The van der Waals surface area contributed by atoms with Crippen molar-refractivity contribution in [3.8, 4) is 11.3 Å². The second kappa shape index (κ2) is 8.03. The summed E-state index contributed by atoms with van der Waals surface area (Å²) in [7, 11) is 1.92. The molecule has 0 spiro atoms. The summed E-state index contributed by atoms with van der Waals surface area (Å²) in [5.74, 6) is 1.14. The summed E-state index contributed by atoms with van der Waals surface area (Å²) < 4.78 is 1.94. The summed E-state index contributed by atoms with van der Waals surface area (Å²) in [4.78, 5) is 9.46. The molecule has 0 radical (unpaired) electrons. The highest BCUT2D eigenvalue weighted by atomic mass is 16.3. The van der Waals surface area contributed by atoms with Crippen molar-refractivity contribution in [1.29, 1.82) is 0 Å². The molecule has 3 aromatic rings. The molecule has 0 bridgehead atoms. The first-order valence-corrected chi connectivity index (χ1v) is 10.8. The number of hydrogen-bond acceptors (Lipinski definition) is 7. The molecule has 2 fully saturated rings. The van der Waals surface area contributed by atoms with E-state index in [9.17, 15) is 15.3 Å². The molecule has 1 aromatic carbocycles. The highest BCUT2D eigenvalue weighted by Gasteiger charge is 2.43. The Morgan fingerprint density at radius 1 is 1.06 bits per heavy atom. The lowest BCUT2D eigenvalue weighted by Gasteiger charge is -2.20. The van der Waals surface area contributed by atoms with Crippen LogP contribution in [-0.2, 0) is 7.05 Å². The van der Waals surface area contributed by atoms with Gasteiger partial charge >= 0.3 is 5.95 Å². The normalized spacial score (nSPS) is 25.7. The minimum atomic E-state index is -0.970. The van der Waals surface area contributed by atoms with Gasteiger partial charge in [0, 0.05) is 17.9 Å². The van der Waals surface area contributed by atoms with E-state index in [1.54, 1.807) is 6.20 Å². The lowest BCUT2D eigenvalue weighted by Crippen LogP contribution is -2.43. The minimum Gasteiger partial charge on any atom is -0.396 e. The van der Waals surface area contributed by atoms with Crippen LogP contribution in [-0.4, -0.2) is 56.2 Å². The Morgan fingerprint density at radius 2 is 1.87 bits per heavy atom. The van der Waals surface area contributed by atoms with Crippen LogP contribution >= 0.6 is 0 Å². The predicted molar refractivity (Wildman–Crippen MR) is 117 cm³/mol. The number of hydrogen-bond donors (Lipinski definition) is 5. The fraction of sp³-hybridized carbons (Fsp3) is 0.435. The molecular weight excluding hydrogens is 394 g/mol. The van der Waals surface area contributed by atoms with Gasteiger partial charge in [0.05, 0.1) is 42.0 Å². The highest BCUT2D eigenvalue weighted by Crippen LogP contribution is 2.32. The van der Waals surface area contributed by atoms with Crippen molar-refractivity contribution in [2.24, 2.45) is 13.0 Å². The van der Waals surface area contributed by atoms with Gasteiger partial charge in [-0.25, -0.2) is 9.55 Å². The molecule has 4 atom stereocenters. The smallest absolute Gasteiger partial charge is 0.347 e. The van der Waals surface area contributed by atoms with Gasteiger partial charge in [-0.2, -0.15) is 0 Å². The first-order chi connectivity index (χ1) is 15.0. The molecule has 31 heavy (non-hydrogen) atoms. The highest BCUT2D eigenvalue weighted by molar-refractivity contribution is 5.83. The third-order valence-corrected chi connectivity index (χ3v) is 6.37. The summed E-state index contributed by atoms with van der Waals surface area (Å²) in [6.45, 7) is -0.160. The van der Waals surface area contributed by atoms with Gasteiger partial charge in [-0.3, -0.25) is 5.32 Å².